The Hall–Kier alpha value is -2.46. The number of ether oxygens (including phenoxy) is 1. The molecule has 0 aliphatic heterocycles. The number of primary amides is 1. The number of halogens is 6. The highest BCUT2D eigenvalue weighted by Crippen LogP contribution is 2.38. The number of hydrogen-bond acceptors (Lipinski definition) is 3. The molecule has 22 heavy (non-hydrogen) atoms. The standard InChI is InChI=1S/C11H8F6N2O3/c12-10(13,14)5-1-6(11(15,16)17)3-7(2-5)22-4-8(20)19-9(18)21/h1-3H,4H2,(H3,18,19,20,21). The van der Waals surface area contributed by atoms with Crippen molar-refractivity contribution in [2.45, 2.75) is 12.4 Å². The highest BCUT2D eigenvalue weighted by atomic mass is 19.4. The fourth-order valence-corrected chi connectivity index (χ4v) is 1.33. The Kier molecular flexibility index (Phi) is 4.89. The van der Waals surface area contributed by atoms with Crippen molar-refractivity contribution in [3.8, 4) is 5.75 Å². The fraction of sp³-hybridized carbons (Fsp3) is 0.273. The SMILES string of the molecule is NC(=O)NC(=O)COc1cc(C(F)(F)F)cc(C(F)(F)F)c1. The summed E-state index contributed by atoms with van der Waals surface area (Å²) >= 11 is 0. The van der Waals surface area contributed by atoms with E-state index in [1.165, 1.54) is 5.32 Å². The van der Waals surface area contributed by atoms with Gasteiger partial charge in [-0.3, -0.25) is 10.1 Å². The van der Waals surface area contributed by atoms with E-state index in [0.29, 0.717) is 12.1 Å². The van der Waals surface area contributed by atoms with Crippen LogP contribution in [0.15, 0.2) is 18.2 Å². The number of nitrogens with one attached hydrogen (secondary N) is 1. The second-order valence-corrected chi connectivity index (χ2v) is 3.94. The van der Waals surface area contributed by atoms with Crippen LogP contribution in [0.4, 0.5) is 31.1 Å². The van der Waals surface area contributed by atoms with E-state index in [4.69, 9.17) is 0 Å². The summed E-state index contributed by atoms with van der Waals surface area (Å²) in [6, 6.07) is -0.732. The van der Waals surface area contributed by atoms with Crippen LogP contribution in [0.3, 0.4) is 0 Å². The van der Waals surface area contributed by atoms with Crippen LogP contribution >= 0.6 is 0 Å². The van der Waals surface area contributed by atoms with Gasteiger partial charge in [-0.15, -0.1) is 0 Å². The molecule has 1 aromatic carbocycles. The van der Waals surface area contributed by atoms with Crippen LogP contribution in [0.2, 0.25) is 0 Å². The Morgan fingerprint density at radius 3 is 1.82 bits per heavy atom. The zero-order valence-electron chi connectivity index (χ0n) is 10.5. The lowest BCUT2D eigenvalue weighted by Gasteiger charge is -2.14. The third-order valence-corrected chi connectivity index (χ3v) is 2.19. The number of nitrogens with two attached hydrogens (primary N) is 1. The number of carbonyl (C=O) groups excluding carboxylic acids is 2. The van der Waals surface area contributed by atoms with Gasteiger partial charge in [0.1, 0.15) is 5.75 Å². The molecule has 0 aliphatic rings. The van der Waals surface area contributed by atoms with E-state index in [0.717, 1.165) is 0 Å². The van der Waals surface area contributed by atoms with Crippen LogP contribution in [0.25, 0.3) is 0 Å². The quantitative estimate of drug-likeness (QED) is 0.835. The first-order chi connectivity index (χ1) is 9.89. The molecule has 0 saturated carbocycles. The second kappa shape index (κ2) is 6.12. The van der Waals surface area contributed by atoms with Crippen molar-refractivity contribution in [1.82, 2.24) is 5.32 Å². The third kappa shape index (κ3) is 5.14. The molecule has 0 atom stereocenters. The monoisotopic (exact) mass is 330 g/mol. The Balaban J connectivity index is 3.04. The van der Waals surface area contributed by atoms with Gasteiger partial charge >= 0.3 is 18.4 Å². The van der Waals surface area contributed by atoms with Crippen molar-refractivity contribution in [2.75, 3.05) is 6.61 Å². The van der Waals surface area contributed by atoms with Crippen molar-refractivity contribution < 1.29 is 40.7 Å². The van der Waals surface area contributed by atoms with E-state index in [1.807, 2.05) is 0 Å². The van der Waals surface area contributed by atoms with Gasteiger partial charge in [-0.1, -0.05) is 0 Å². The van der Waals surface area contributed by atoms with E-state index >= 15 is 0 Å². The Morgan fingerprint density at radius 2 is 1.45 bits per heavy atom. The number of hydrogen-bond donors (Lipinski definition) is 2. The molecule has 0 aromatic heterocycles. The third-order valence-electron chi connectivity index (χ3n) is 2.19. The van der Waals surface area contributed by atoms with Crippen LogP contribution in [0, 0.1) is 0 Å². The van der Waals surface area contributed by atoms with Gasteiger partial charge in [0, 0.05) is 0 Å². The highest BCUT2D eigenvalue weighted by molar-refractivity contribution is 5.94. The molecule has 5 nitrogen and oxygen atoms in total. The van der Waals surface area contributed by atoms with E-state index in [-0.39, 0.29) is 6.07 Å². The molecule has 1 rings (SSSR count). The predicted molar refractivity (Wildman–Crippen MR) is 59.7 cm³/mol. The summed E-state index contributed by atoms with van der Waals surface area (Å²) in [4.78, 5) is 21.3. The molecule has 3 amide bonds. The maximum Gasteiger partial charge on any atom is 0.416 e. The van der Waals surface area contributed by atoms with Gasteiger partial charge in [0.25, 0.3) is 5.91 Å². The molecule has 0 bridgehead atoms. The van der Waals surface area contributed by atoms with Gasteiger partial charge in [-0.2, -0.15) is 26.3 Å². The number of rotatable bonds is 3. The molecule has 0 unspecified atom stereocenters. The van der Waals surface area contributed by atoms with Gasteiger partial charge in [-0.05, 0) is 18.2 Å². The Morgan fingerprint density at radius 1 is 1.00 bits per heavy atom. The topological polar surface area (TPSA) is 81.4 Å². The largest absolute Gasteiger partial charge is 0.484 e. The minimum absolute atomic E-state index is 0.0870. The van der Waals surface area contributed by atoms with Crippen molar-refractivity contribution in [1.29, 1.82) is 0 Å². The van der Waals surface area contributed by atoms with Crippen LogP contribution in [-0.4, -0.2) is 18.5 Å². The first kappa shape index (κ1) is 17.6. The van der Waals surface area contributed by atoms with Crippen LogP contribution in [-0.2, 0) is 17.1 Å². The maximum atomic E-state index is 12.5. The van der Waals surface area contributed by atoms with Crippen molar-refractivity contribution in [2.24, 2.45) is 5.73 Å². The van der Waals surface area contributed by atoms with E-state index in [2.05, 4.69) is 10.5 Å². The molecule has 0 spiro atoms. The van der Waals surface area contributed by atoms with Crippen molar-refractivity contribution in [3.63, 3.8) is 0 Å². The van der Waals surface area contributed by atoms with Gasteiger partial charge in [0.2, 0.25) is 0 Å². The number of urea groups is 1. The molecular formula is C11H8F6N2O3. The summed E-state index contributed by atoms with van der Waals surface area (Å²) in [5.74, 6) is -1.96. The van der Waals surface area contributed by atoms with Gasteiger partial charge in [0.15, 0.2) is 6.61 Å². The molecule has 0 radical (unpaired) electrons. The average molecular weight is 330 g/mol. The molecule has 122 valence electrons. The minimum Gasteiger partial charge on any atom is -0.484 e. The van der Waals surface area contributed by atoms with Gasteiger partial charge < -0.3 is 10.5 Å². The molecule has 1 aromatic rings. The molecule has 0 aliphatic carbocycles. The average Bonchev–Trinajstić information content (AvgIpc) is 2.33. The lowest BCUT2D eigenvalue weighted by atomic mass is 10.1. The van der Waals surface area contributed by atoms with E-state index in [1.54, 1.807) is 0 Å². The molecule has 0 saturated heterocycles. The number of benzene rings is 1. The summed E-state index contributed by atoms with van der Waals surface area (Å²) < 4.78 is 79.8. The number of imide groups is 1. The lowest BCUT2D eigenvalue weighted by molar-refractivity contribution is -0.143. The summed E-state index contributed by atoms with van der Waals surface area (Å²) in [5.41, 5.74) is 1.42. The second-order valence-electron chi connectivity index (χ2n) is 3.94. The first-order valence-electron chi connectivity index (χ1n) is 5.41. The smallest absolute Gasteiger partial charge is 0.416 e. The number of alkyl halides is 6. The summed E-state index contributed by atoms with van der Waals surface area (Å²) in [6.07, 6.45) is -10.1. The summed E-state index contributed by atoms with van der Waals surface area (Å²) in [7, 11) is 0. The Bertz CT molecular complexity index is 550. The first-order valence-corrected chi connectivity index (χ1v) is 5.41. The summed E-state index contributed by atoms with van der Waals surface area (Å²) in [5, 5.41) is 1.53. The van der Waals surface area contributed by atoms with E-state index < -0.39 is 47.8 Å². The van der Waals surface area contributed by atoms with Crippen LogP contribution in [0.1, 0.15) is 11.1 Å². The normalized spacial score (nSPS) is 11.9. The summed E-state index contributed by atoms with van der Waals surface area (Å²) in [6.45, 7) is -0.985. The molecule has 3 N–H and O–H groups in total. The van der Waals surface area contributed by atoms with Gasteiger partial charge in [0.05, 0.1) is 11.1 Å². The molecule has 0 heterocycles. The fourth-order valence-electron chi connectivity index (χ4n) is 1.33. The number of amides is 3. The van der Waals surface area contributed by atoms with Crippen molar-refractivity contribution in [3.05, 3.63) is 29.3 Å². The lowest BCUT2D eigenvalue weighted by Crippen LogP contribution is -2.38. The van der Waals surface area contributed by atoms with Crippen LogP contribution in [0.5, 0.6) is 5.75 Å². The molecular weight excluding hydrogens is 322 g/mol. The minimum atomic E-state index is -5.03. The zero-order chi connectivity index (χ0) is 17.1. The number of carbonyl (C=O) groups is 2. The molecule has 11 heteroatoms. The zero-order valence-corrected chi connectivity index (χ0v) is 10.5. The van der Waals surface area contributed by atoms with E-state index in [9.17, 15) is 35.9 Å². The van der Waals surface area contributed by atoms with Crippen molar-refractivity contribution >= 4 is 11.9 Å². The maximum absolute atomic E-state index is 12.5. The Labute approximate surface area is 119 Å². The highest BCUT2D eigenvalue weighted by Gasteiger charge is 2.37. The van der Waals surface area contributed by atoms with Gasteiger partial charge in [-0.25, -0.2) is 4.79 Å². The van der Waals surface area contributed by atoms with Crippen LogP contribution < -0.4 is 15.8 Å². The predicted octanol–water partition coefficient (Wildman–Crippen LogP) is 2.30. The molecule has 0 fully saturated rings.